The Labute approximate surface area is 105 Å². The molecule has 1 aliphatic carbocycles. The van der Waals surface area contributed by atoms with Gasteiger partial charge in [0, 0.05) is 19.2 Å². The summed E-state index contributed by atoms with van der Waals surface area (Å²) in [4.78, 5) is 0. The molecule has 2 atom stereocenters. The van der Waals surface area contributed by atoms with Crippen molar-refractivity contribution in [1.29, 1.82) is 0 Å². The summed E-state index contributed by atoms with van der Waals surface area (Å²) in [5.41, 5.74) is 0. The Balaban J connectivity index is 1.87. The fourth-order valence-corrected chi connectivity index (χ4v) is 1.81. The molecule has 0 aromatic rings. The molecule has 0 heterocycles. The second kappa shape index (κ2) is 8.86. The fraction of sp³-hybridized carbons (Fsp3) is 1.00. The van der Waals surface area contributed by atoms with Crippen LogP contribution < -0.4 is 5.32 Å². The van der Waals surface area contributed by atoms with E-state index in [4.69, 9.17) is 9.47 Å². The van der Waals surface area contributed by atoms with E-state index in [9.17, 15) is 5.11 Å². The van der Waals surface area contributed by atoms with E-state index in [1.54, 1.807) is 0 Å². The van der Waals surface area contributed by atoms with E-state index in [0.717, 1.165) is 5.92 Å². The molecule has 0 radical (unpaired) electrons. The molecule has 0 amide bonds. The van der Waals surface area contributed by atoms with E-state index in [0.29, 0.717) is 39.0 Å². The maximum absolute atomic E-state index is 9.68. The van der Waals surface area contributed by atoms with Crippen LogP contribution in [0.4, 0.5) is 0 Å². The first kappa shape index (κ1) is 14.9. The van der Waals surface area contributed by atoms with Gasteiger partial charge in [0.2, 0.25) is 0 Å². The highest BCUT2D eigenvalue weighted by Crippen LogP contribution is 2.33. The van der Waals surface area contributed by atoms with Crippen molar-refractivity contribution in [3.63, 3.8) is 0 Å². The minimum atomic E-state index is -0.418. The average molecular weight is 245 g/mol. The molecule has 17 heavy (non-hydrogen) atoms. The first-order valence-electron chi connectivity index (χ1n) is 6.79. The molecule has 4 nitrogen and oxygen atoms in total. The predicted octanol–water partition coefficient (Wildman–Crippen LogP) is 1.18. The van der Waals surface area contributed by atoms with Crippen LogP contribution >= 0.6 is 0 Å². The minimum Gasteiger partial charge on any atom is -0.389 e. The van der Waals surface area contributed by atoms with Gasteiger partial charge in [0.1, 0.15) is 0 Å². The summed E-state index contributed by atoms with van der Waals surface area (Å²) in [7, 11) is 0. The molecule has 1 fully saturated rings. The summed E-state index contributed by atoms with van der Waals surface area (Å²) in [6.45, 7) is 7.02. The molecule has 2 N–H and O–H groups in total. The van der Waals surface area contributed by atoms with Crippen molar-refractivity contribution in [2.45, 2.75) is 45.3 Å². The molecule has 0 aromatic carbocycles. The summed E-state index contributed by atoms with van der Waals surface area (Å²) in [6, 6.07) is 0.501. The lowest BCUT2D eigenvalue weighted by atomic mass is 10.1. The first-order valence-corrected chi connectivity index (χ1v) is 6.79. The van der Waals surface area contributed by atoms with Crippen molar-refractivity contribution >= 4 is 0 Å². The van der Waals surface area contributed by atoms with E-state index in [1.165, 1.54) is 19.3 Å². The highest BCUT2D eigenvalue weighted by atomic mass is 16.5. The summed E-state index contributed by atoms with van der Waals surface area (Å²) in [5.74, 6) is 0.928. The zero-order valence-electron chi connectivity index (χ0n) is 11.2. The van der Waals surface area contributed by atoms with Crippen LogP contribution in [0.3, 0.4) is 0 Å². The van der Waals surface area contributed by atoms with Crippen molar-refractivity contribution in [2.24, 2.45) is 5.92 Å². The minimum absolute atomic E-state index is 0.385. The van der Waals surface area contributed by atoms with Crippen LogP contribution in [0.25, 0.3) is 0 Å². The summed E-state index contributed by atoms with van der Waals surface area (Å²) >= 11 is 0. The molecule has 102 valence electrons. The van der Waals surface area contributed by atoms with E-state index in [-0.39, 0.29) is 0 Å². The molecule has 1 aliphatic rings. The molecule has 1 saturated carbocycles. The lowest BCUT2D eigenvalue weighted by Crippen LogP contribution is -2.36. The summed E-state index contributed by atoms with van der Waals surface area (Å²) in [5, 5.41) is 13.0. The topological polar surface area (TPSA) is 50.7 Å². The quantitative estimate of drug-likeness (QED) is 0.537. The first-order chi connectivity index (χ1) is 8.22. The van der Waals surface area contributed by atoms with Gasteiger partial charge in [-0.25, -0.2) is 0 Å². The maximum Gasteiger partial charge on any atom is 0.0897 e. The predicted molar refractivity (Wildman–Crippen MR) is 68.1 cm³/mol. The summed E-state index contributed by atoms with van der Waals surface area (Å²) < 4.78 is 10.5. The van der Waals surface area contributed by atoms with Gasteiger partial charge >= 0.3 is 0 Å². The molecule has 0 bridgehead atoms. The Hall–Kier alpha value is -0.160. The van der Waals surface area contributed by atoms with Crippen molar-refractivity contribution in [2.75, 3.05) is 33.0 Å². The van der Waals surface area contributed by atoms with Gasteiger partial charge in [-0.15, -0.1) is 0 Å². The number of aliphatic hydroxyl groups is 1. The van der Waals surface area contributed by atoms with Crippen molar-refractivity contribution < 1.29 is 14.6 Å². The molecule has 0 aliphatic heterocycles. The molecular formula is C13H27NO3. The van der Waals surface area contributed by atoms with Crippen molar-refractivity contribution in [3.8, 4) is 0 Å². The molecular weight excluding hydrogens is 218 g/mol. The van der Waals surface area contributed by atoms with Crippen LogP contribution in [-0.2, 0) is 9.47 Å². The largest absolute Gasteiger partial charge is 0.389 e. The normalized spacial score (nSPS) is 19.2. The van der Waals surface area contributed by atoms with Gasteiger partial charge in [0.05, 0.1) is 25.9 Å². The Bertz CT molecular complexity index is 186. The van der Waals surface area contributed by atoms with Crippen molar-refractivity contribution in [3.05, 3.63) is 0 Å². The van der Waals surface area contributed by atoms with Crippen LogP contribution in [0.5, 0.6) is 0 Å². The van der Waals surface area contributed by atoms with Gasteiger partial charge in [-0.2, -0.15) is 0 Å². The van der Waals surface area contributed by atoms with Gasteiger partial charge in [-0.3, -0.25) is 0 Å². The van der Waals surface area contributed by atoms with E-state index >= 15 is 0 Å². The molecule has 4 heteroatoms. The maximum atomic E-state index is 9.68. The molecule has 0 spiro atoms. The third kappa shape index (κ3) is 8.55. The van der Waals surface area contributed by atoms with Crippen LogP contribution in [0, 0.1) is 5.92 Å². The lowest BCUT2D eigenvalue weighted by Gasteiger charge is -2.17. The Morgan fingerprint density at radius 3 is 2.65 bits per heavy atom. The number of rotatable bonds is 11. The van der Waals surface area contributed by atoms with Gasteiger partial charge in [0.25, 0.3) is 0 Å². The summed E-state index contributed by atoms with van der Waals surface area (Å²) in [6.07, 6.45) is 3.58. The monoisotopic (exact) mass is 245 g/mol. The number of nitrogens with one attached hydrogen (secondary N) is 1. The van der Waals surface area contributed by atoms with E-state index in [1.807, 2.05) is 6.92 Å². The third-order valence-corrected chi connectivity index (χ3v) is 2.97. The van der Waals surface area contributed by atoms with Gasteiger partial charge in [-0.05, 0) is 26.2 Å². The second-order valence-electron chi connectivity index (χ2n) is 4.91. The van der Waals surface area contributed by atoms with E-state index in [2.05, 4.69) is 12.2 Å². The second-order valence-corrected chi connectivity index (χ2v) is 4.91. The highest BCUT2D eigenvalue weighted by Gasteiger charge is 2.23. The highest BCUT2D eigenvalue weighted by molar-refractivity contribution is 4.78. The van der Waals surface area contributed by atoms with Crippen LogP contribution in [0.2, 0.25) is 0 Å². The van der Waals surface area contributed by atoms with Gasteiger partial charge in [-0.1, -0.05) is 12.8 Å². The zero-order chi connectivity index (χ0) is 12.5. The smallest absolute Gasteiger partial charge is 0.0897 e. The average Bonchev–Trinajstić information content (AvgIpc) is 3.10. The number of hydrogen-bond donors (Lipinski definition) is 2. The molecule has 2 unspecified atom stereocenters. The zero-order valence-corrected chi connectivity index (χ0v) is 11.2. The van der Waals surface area contributed by atoms with Crippen molar-refractivity contribution in [1.82, 2.24) is 5.32 Å². The van der Waals surface area contributed by atoms with Crippen LogP contribution in [-0.4, -0.2) is 50.2 Å². The SMILES string of the molecule is CCOCCOCC(O)CNC(C)CC1CC1. The Kier molecular flexibility index (Phi) is 7.77. The fourth-order valence-electron chi connectivity index (χ4n) is 1.81. The third-order valence-electron chi connectivity index (χ3n) is 2.97. The number of aliphatic hydroxyl groups excluding tert-OH is 1. The molecule has 0 aromatic heterocycles. The Morgan fingerprint density at radius 1 is 1.29 bits per heavy atom. The van der Waals surface area contributed by atoms with Crippen LogP contribution in [0.1, 0.15) is 33.1 Å². The number of hydrogen-bond acceptors (Lipinski definition) is 4. The Morgan fingerprint density at radius 2 is 2.00 bits per heavy atom. The van der Waals surface area contributed by atoms with E-state index < -0.39 is 6.10 Å². The standard InChI is InChI=1S/C13H27NO3/c1-3-16-6-7-17-10-13(15)9-14-11(2)8-12-4-5-12/h11-15H,3-10H2,1-2H3. The van der Waals surface area contributed by atoms with Gasteiger partial charge in [0.15, 0.2) is 0 Å². The number of ether oxygens (including phenoxy) is 2. The van der Waals surface area contributed by atoms with Gasteiger partial charge < -0.3 is 19.9 Å². The lowest BCUT2D eigenvalue weighted by molar-refractivity contribution is 0.00577. The molecule has 1 rings (SSSR count). The van der Waals surface area contributed by atoms with Crippen LogP contribution in [0.15, 0.2) is 0 Å². The molecule has 0 saturated heterocycles.